The van der Waals surface area contributed by atoms with Crippen LogP contribution in [0.2, 0.25) is 0 Å². The average Bonchev–Trinajstić information content (AvgIpc) is 2.69. The average molecular weight is 224 g/mol. The molecule has 1 aromatic rings. The maximum absolute atomic E-state index is 11.1. The van der Waals surface area contributed by atoms with Crippen molar-refractivity contribution in [1.82, 2.24) is 10.9 Å². The highest BCUT2D eigenvalue weighted by atomic mass is 16.5. The molecule has 0 atom stereocenters. The minimum atomic E-state index is -0.740. The molecule has 2 N–H and O–H groups in total. The monoisotopic (exact) mass is 224 g/mol. The fraction of sp³-hybridized carbons (Fsp3) is 0.200. The van der Waals surface area contributed by atoms with Gasteiger partial charge >= 0.3 is 6.09 Å². The Balaban J connectivity index is 2.39. The molecule has 0 radical (unpaired) electrons. The molecule has 0 fully saturated rings. The lowest BCUT2D eigenvalue weighted by molar-refractivity contribution is -0.117. The minimum Gasteiger partial charge on any atom is -0.462 e. The van der Waals surface area contributed by atoms with Crippen LogP contribution >= 0.6 is 0 Å². The zero-order valence-corrected chi connectivity index (χ0v) is 8.94. The van der Waals surface area contributed by atoms with Crippen LogP contribution in [-0.2, 0) is 9.53 Å². The number of aryl methyl sites for hydroxylation is 1. The van der Waals surface area contributed by atoms with Crippen molar-refractivity contribution in [2.75, 3.05) is 7.11 Å². The Morgan fingerprint density at radius 2 is 2.12 bits per heavy atom. The molecule has 0 aromatic carbocycles. The Morgan fingerprint density at radius 1 is 1.38 bits per heavy atom. The fourth-order valence-corrected chi connectivity index (χ4v) is 0.906. The number of ether oxygens (including phenoxy) is 1. The molecule has 0 aliphatic heterocycles. The largest absolute Gasteiger partial charge is 0.462 e. The molecule has 0 aliphatic rings. The standard InChI is InChI=1S/C10H12N2O4/c1-7-3-4-8(16-7)5-6-9(13)11-12-10(14)15-2/h3-6H,1-2H3,(H,11,13)(H,12,14). The number of furan rings is 1. The van der Waals surface area contributed by atoms with Crippen molar-refractivity contribution in [2.24, 2.45) is 0 Å². The van der Waals surface area contributed by atoms with Crippen molar-refractivity contribution >= 4 is 18.1 Å². The number of hydrogen-bond donors (Lipinski definition) is 2. The van der Waals surface area contributed by atoms with Crippen LogP contribution in [0, 0.1) is 6.92 Å². The summed E-state index contributed by atoms with van der Waals surface area (Å²) in [7, 11) is 1.20. The maximum atomic E-state index is 11.1. The Kier molecular flexibility index (Phi) is 4.14. The van der Waals surface area contributed by atoms with Gasteiger partial charge in [-0.25, -0.2) is 10.2 Å². The molecule has 2 amide bonds. The first-order valence-corrected chi connectivity index (χ1v) is 4.50. The predicted molar refractivity (Wildman–Crippen MR) is 56.2 cm³/mol. The van der Waals surface area contributed by atoms with Crippen LogP contribution in [0.1, 0.15) is 11.5 Å². The van der Waals surface area contributed by atoms with Gasteiger partial charge in [0, 0.05) is 6.08 Å². The maximum Gasteiger partial charge on any atom is 0.425 e. The van der Waals surface area contributed by atoms with Crippen LogP contribution in [0.15, 0.2) is 22.6 Å². The van der Waals surface area contributed by atoms with E-state index in [-0.39, 0.29) is 0 Å². The van der Waals surface area contributed by atoms with Crippen molar-refractivity contribution in [3.8, 4) is 0 Å². The highest BCUT2D eigenvalue weighted by Crippen LogP contribution is 2.07. The van der Waals surface area contributed by atoms with Gasteiger partial charge in [-0.05, 0) is 25.1 Å². The van der Waals surface area contributed by atoms with Gasteiger partial charge in [-0.3, -0.25) is 10.2 Å². The van der Waals surface area contributed by atoms with E-state index >= 15 is 0 Å². The molecule has 0 spiro atoms. The molecule has 1 rings (SSSR count). The van der Waals surface area contributed by atoms with E-state index in [9.17, 15) is 9.59 Å². The quantitative estimate of drug-likeness (QED) is 0.579. The van der Waals surface area contributed by atoms with Gasteiger partial charge < -0.3 is 9.15 Å². The lowest BCUT2D eigenvalue weighted by atomic mass is 10.4. The molecular formula is C10H12N2O4. The van der Waals surface area contributed by atoms with E-state index in [1.54, 1.807) is 19.1 Å². The van der Waals surface area contributed by atoms with Gasteiger partial charge in [0.05, 0.1) is 7.11 Å². The molecule has 86 valence electrons. The molecule has 6 nitrogen and oxygen atoms in total. The van der Waals surface area contributed by atoms with Crippen LogP contribution in [-0.4, -0.2) is 19.1 Å². The van der Waals surface area contributed by atoms with Gasteiger partial charge in [-0.2, -0.15) is 0 Å². The van der Waals surface area contributed by atoms with Crippen LogP contribution in [0.4, 0.5) is 4.79 Å². The summed E-state index contributed by atoms with van der Waals surface area (Å²) in [6, 6.07) is 3.51. The summed E-state index contributed by atoms with van der Waals surface area (Å²) in [6.45, 7) is 1.80. The number of hydrazine groups is 1. The van der Waals surface area contributed by atoms with E-state index in [4.69, 9.17) is 4.42 Å². The van der Waals surface area contributed by atoms with E-state index in [1.807, 2.05) is 5.43 Å². The van der Waals surface area contributed by atoms with Crippen molar-refractivity contribution in [3.05, 3.63) is 29.7 Å². The predicted octanol–water partition coefficient (Wildman–Crippen LogP) is 0.988. The molecule has 0 aliphatic carbocycles. The third-order valence-corrected chi connectivity index (χ3v) is 1.63. The lowest BCUT2D eigenvalue weighted by Crippen LogP contribution is -2.40. The first kappa shape index (κ1) is 11.8. The zero-order valence-electron chi connectivity index (χ0n) is 8.94. The number of nitrogens with one attached hydrogen (secondary N) is 2. The second-order valence-electron chi connectivity index (χ2n) is 2.89. The number of rotatable bonds is 2. The summed E-state index contributed by atoms with van der Waals surface area (Å²) in [5, 5.41) is 0. The van der Waals surface area contributed by atoms with E-state index < -0.39 is 12.0 Å². The van der Waals surface area contributed by atoms with Crippen molar-refractivity contribution in [1.29, 1.82) is 0 Å². The Bertz CT molecular complexity index is 409. The molecule has 0 saturated heterocycles. The van der Waals surface area contributed by atoms with Crippen LogP contribution in [0.25, 0.3) is 6.08 Å². The number of amides is 2. The summed E-state index contributed by atoms with van der Waals surface area (Å²) >= 11 is 0. The van der Waals surface area contributed by atoms with Gasteiger partial charge in [0.1, 0.15) is 11.5 Å². The van der Waals surface area contributed by atoms with E-state index in [1.165, 1.54) is 19.3 Å². The van der Waals surface area contributed by atoms with E-state index in [0.717, 1.165) is 5.76 Å². The molecule has 0 bridgehead atoms. The topological polar surface area (TPSA) is 80.6 Å². The van der Waals surface area contributed by atoms with Gasteiger partial charge in [-0.15, -0.1) is 0 Å². The molecule has 0 saturated carbocycles. The smallest absolute Gasteiger partial charge is 0.425 e. The number of methoxy groups -OCH3 is 1. The van der Waals surface area contributed by atoms with Crippen LogP contribution in [0.3, 0.4) is 0 Å². The van der Waals surface area contributed by atoms with Crippen molar-refractivity contribution in [3.63, 3.8) is 0 Å². The minimum absolute atomic E-state index is 0.487. The first-order chi connectivity index (χ1) is 7.61. The van der Waals surface area contributed by atoms with E-state index in [2.05, 4.69) is 10.2 Å². The highest BCUT2D eigenvalue weighted by Gasteiger charge is 2.00. The number of carbonyl (C=O) groups excluding carboxylic acids is 2. The molecule has 6 heteroatoms. The number of carbonyl (C=O) groups is 2. The third-order valence-electron chi connectivity index (χ3n) is 1.63. The summed E-state index contributed by atoms with van der Waals surface area (Å²) in [4.78, 5) is 21.7. The molecular weight excluding hydrogens is 212 g/mol. The zero-order chi connectivity index (χ0) is 12.0. The van der Waals surface area contributed by atoms with Crippen LogP contribution < -0.4 is 10.9 Å². The molecule has 0 unspecified atom stereocenters. The normalized spacial score (nSPS) is 10.1. The van der Waals surface area contributed by atoms with E-state index in [0.29, 0.717) is 5.76 Å². The summed E-state index contributed by atoms with van der Waals surface area (Å²) < 4.78 is 9.46. The lowest BCUT2D eigenvalue weighted by Gasteiger charge is -2.01. The summed E-state index contributed by atoms with van der Waals surface area (Å²) in [6.07, 6.45) is 1.98. The third kappa shape index (κ3) is 3.87. The second-order valence-corrected chi connectivity index (χ2v) is 2.89. The van der Waals surface area contributed by atoms with Gasteiger partial charge in [-0.1, -0.05) is 0 Å². The molecule has 1 heterocycles. The Labute approximate surface area is 92.2 Å². The van der Waals surface area contributed by atoms with Crippen molar-refractivity contribution in [2.45, 2.75) is 6.92 Å². The fourth-order valence-electron chi connectivity index (χ4n) is 0.906. The Morgan fingerprint density at radius 3 is 2.69 bits per heavy atom. The SMILES string of the molecule is COC(=O)NNC(=O)C=Cc1ccc(C)o1. The molecule has 16 heavy (non-hydrogen) atoms. The second kappa shape index (κ2) is 5.59. The van der Waals surface area contributed by atoms with Gasteiger partial charge in [0.25, 0.3) is 5.91 Å². The highest BCUT2D eigenvalue weighted by molar-refractivity contribution is 5.92. The summed E-state index contributed by atoms with van der Waals surface area (Å²) in [5.74, 6) is 0.831. The first-order valence-electron chi connectivity index (χ1n) is 4.50. The summed E-state index contributed by atoms with van der Waals surface area (Å²) in [5.41, 5.74) is 4.15. The van der Waals surface area contributed by atoms with Gasteiger partial charge in [0.15, 0.2) is 0 Å². The Hall–Kier alpha value is -2.24. The van der Waals surface area contributed by atoms with Crippen molar-refractivity contribution < 1.29 is 18.7 Å². The molecule has 1 aromatic heterocycles. The number of hydrogen-bond acceptors (Lipinski definition) is 4. The van der Waals surface area contributed by atoms with Crippen LogP contribution in [0.5, 0.6) is 0 Å². The van der Waals surface area contributed by atoms with Gasteiger partial charge in [0.2, 0.25) is 0 Å².